The van der Waals surface area contributed by atoms with E-state index in [1.807, 2.05) is 30.3 Å². The van der Waals surface area contributed by atoms with Crippen molar-refractivity contribution < 1.29 is 18.4 Å². The van der Waals surface area contributed by atoms with Gasteiger partial charge < -0.3 is 13.6 Å². The topological polar surface area (TPSA) is 60.4 Å². The van der Waals surface area contributed by atoms with E-state index in [0.29, 0.717) is 5.76 Å². The van der Waals surface area contributed by atoms with Gasteiger partial charge in [-0.1, -0.05) is 30.3 Å². The second-order valence-corrected chi connectivity index (χ2v) is 5.25. The van der Waals surface area contributed by atoms with E-state index in [4.69, 9.17) is 8.83 Å². The molecule has 4 heteroatoms. The summed E-state index contributed by atoms with van der Waals surface area (Å²) in [6.45, 7) is 0. The average Bonchev–Trinajstić information content (AvgIpc) is 3.29. The van der Waals surface area contributed by atoms with Crippen molar-refractivity contribution in [2.75, 3.05) is 0 Å². The largest absolute Gasteiger partial charge is 0.469 e. The Bertz CT molecular complexity index is 742. The molecule has 3 aromatic rings. The Labute approximate surface area is 133 Å². The molecule has 0 aliphatic rings. The van der Waals surface area contributed by atoms with Gasteiger partial charge in [0.15, 0.2) is 5.76 Å². The molecule has 0 aliphatic carbocycles. The third-order valence-corrected chi connectivity index (χ3v) is 3.88. The van der Waals surface area contributed by atoms with Crippen LogP contribution in [0.15, 0.2) is 76.0 Å². The minimum absolute atomic E-state index is 0.194. The van der Waals surface area contributed by atoms with E-state index >= 15 is 0 Å². The molecular weight excluding hydrogens is 292 g/mol. The van der Waals surface area contributed by atoms with Crippen molar-refractivity contribution in [3.63, 3.8) is 0 Å². The average molecular weight is 308 g/mol. The number of carbonyl (C=O) groups excluding carboxylic acids is 2. The van der Waals surface area contributed by atoms with E-state index in [0.717, 1.165) is 11.8 Å². The van der Waals surface area contributed by atoms with Crippen LogP contribution >= 0.6 is 0 Å². The summed E-state index contributed by atoms with van der Waals surface area (Å²) in [5, 5.41) is 0. The lowest BCUT2D eigenvalue weighted by Gasteiger charge is -2.23. The van der Waals surface area contributed by atoms with Crippen LogP contribution in [0.25, 0.3) is 0 Å². The number of benzene rings is 1. The highest BCUT2D eigenvalue weighted by atomic mass is 16.3. The number of rotatable bonds is 7. The lowest BCUT2D eigenvalue weighted by atomic mass is 9.79. The van der Waals surface area contributed by atoms with Gasteiger partial charge in [0.2, 0.25) is 5.78 Å². The van der Waals surface area contributed by atoms with Gasteiger partial charge in [0.05, 0.1) is 18.4 Å². The van der Waals surface area contributed by atoms with E-state index in [1.165, 1.54) is 12.5 Å². The molecule has 0 saturated heterocycles. The van der Waals surface area contributed by atoms with Crippen LogP contribution < -0.4 is 0 Å². The Morgan fingerprint density at radius 1 is 0.957 bits per heavy atom. The fraction of sp³-hybridized carbons (Fsp3) is 0.158. The Balaban J connectivity index is 2.05. The minimum Gasteiger partial charge on any atom is -0.469 e. The Morgan fingerprint density at radius 3 is 2.30 bits per heavy atom. The van der Waals surface area contributed by atoms with E-state index in [2.05, 4.69) is 0 Å². The van der Waals surface area contributed by atoms with Crippen molar-refractivity contribution >= 4 is 12.1 Å². The van der Waals surface area contributed by atoms with Crippen molar-refractivity contribution in [1.82, 2.24) is 0 Å². The summed E-state index contributed by atoms with van der Waals surface area (Å²) in [5.41, 5.74) is 0.918. The normalized spacial score (nSPS) is 13.4. The first-order valence-electron chi connectivity index (χ1n) is 7.41. The highest BCUT2D eigenvalue weighted by Crippen LogP contribution is 2.38. The lowest BCUT2D eigenvalue weighted by Crippen LogP contribution is -2.21. The Kier molecular flexibility index (Phi) is 4.52. The molecule has 0 aliphatic heterocycles. The molecule has 0 radical (unpaired) electrons. The zero-order chi connectivity index (χ0) is 16.1. The predicted molar refractivity (Wildman–Crippen MR) is 84.4 cm³/mol. The van der Waals surface area contributed by atoms with Crippen LogP contribution in [0.1, 0.15) is 40.1 Å². The molecule has 0 saturated carbocycles. The summed E-state index contributed by atoms with van der Waals surface area (Å²) < 4.78 is 10.7. The second kappa shape index (κ2) is 6.92. The number of hydrogen-bond donors (Lipinski definition) is 0. The standard InChI is InChI=1S/C19H16O4/c20-11-10-15(14-6-2-1-3-7-14)18(16-8-4-12-22-16)19(21)17-9-5-13-23-17/h1-9,11-13,15,18H,10H2. The van der Waals surface area contributed by atoms with Crippen molar-refractivity contribution in [3.8, 4) is 0 Å². The minimum atomic E-state index is -0.608. The summed E-state index contributed by atoms with van der Waals surface area (Å²) in [6, 6.07) is 16.3. The molecule has 116 valence electrons. The summed E-state index contributed by atoms with van der Waals surface area (Å²) in [4.78, 5) is 24.1. The summed E-state index contributed by atoms with van der Waals surface area (Å²) in [5.74, 6) is -0.317. The second-order valence-electron chi connectivity index (χ2n) is 5.25. The van der Waals surface area contributed by atoms with Crippen LogP contribution in [0.4, 0.5) is 0 Å². The van der Waals surface area contributed by atoms with Crippen molar-refractivity contribution in [2.24, 2.45) is 0 Å². The molecule has 2 unspecified atom stereocenters. The van der Waals surface area contributed by atoms with Crippen molar-refractivity contribution in [1.29, 1.82) is 0 Å². The van der Waals surface area contributed by atoms with Crippen LogP contribution in [0.2, 0.25) is 0 Å². The molecule has 4 nitrogen and oxygen atoms in total. The molecular formula is C19H16O4. The van der Waals surface area contributed by atoms with E-state index < -0.39 is 5.92 Å². The number of hydrogen-bond acceptors (Lipinski definition) is 4. The lowest BCUT2D eigenvalue weighted by molar-refractivity contribution is -0.108. The number of furan rings is 2. The fourth-order valence-electron chi connectivity index (χ4n) is 2.82. The third-order valence-electron chi connectivity index (χ3n) is 3.88. The molecule has 0 fully saturated rings. The van der Waals surface area contributed by atoms with Crippen LogP contribution in [-0.2, 0) is 4.79 Å². The zero-order valence-corrected chi connectivity index (χ0v) is 12.4. The van der Waals surface area contributed by atoms with E-state index in [-0.39, 0.29) is 23.9 Å². The first-order chi connectivity index (χ1) is 11.3. The van der Waals surface area contributed by atoms with Crippen LogP contribution in [0, 0.1) is 0 Å². The van der Waals surface area contributed by atoms with Crippen LogP contribution in [-0.4, -0.2) is 12.1 Å². The van der Waals surface area contributed by atoms with Crippen LogP contribution in [0.3, 0.4) is 0 Å². The SMILES string of the molecule is O=CCC(c1ccccc1)C(C(=O)c1ccco1)c1ccco1. The summed E-state index contributed by atoms with van der Waals surface area (Å²) in [7, 11) is 0. The smallest absolute Gasteiger partial charge is 0.209 e. The first kappa shape index (κ1) is 15.0. The number of aldehydes is 1. The zero-order valence-electron chi connectivity index (χ0n) is 12.4. The maximum Gasteiger partial charge on any atom is 0.209 e. The van der Waals surface area contributed by atoms with E-state index in [9.17, 15) is 9.59 Å². The third kappa shape index (κ3) is 3.16. The van der Waals surface area contributed by atoms with Gasteiger partial charge in [-0.25, -0.2) is 0 Å². The molecule has 2 heterocycles. The molecule has 0 N–H and O–H groups in total. The van der Waals surface area contributed by atoms with Gasteiger partial charge in [-0.05, 0) is 29.8 Å². The molecule has 3 rings (SSSR count). The van der Waals surface area contributed by atoms with E-state index in [1.54, 1.807) is 24.3 Å². The number of ketones is 1. The number of carbonyl (C=O) groups is 2. The molecule has 0 bridgehead atoms. The van der Waals surface area contributed by atoms with Gasteiger partial charge in [-0.3, -0.25) is 4.79 Å². The Morgan fingerprint density at radius 2 is 1.70 bits per heavy atom. The van der Waals surface area contributed by atoms with Crippen molar-refractivity contribution in [2.45, 2.75) is 18.3 Å². The molecule has 1 aromatic carbocycles. The quantitative estimate of drug-likeness (QED) is 0.484. The van der Waals surface area contributed by atoms with Crippen molar-refractivity contribution in [3.05, 3.63) is 84.2 Å². The van der Waals surface area contributed by atoms with Gasteiger partial charge in [-0.2, -0.15) is 0 Å². The van der Waals surface area contributed by atoms with Gasteiger partial charge in [0.25, 0.3) is 0 Å². The summed E-state index contributed by atoms with van der Waals surface area (Å²) in [6.07, 6.45) is 4.05. The Hall–Kier alpha value is -2.88. The highest BCUT2D eigenvalue weighted by Gasteiger charge is 2.34. The fourth-order valence-corrected chi connectivity index (χ4v) is 2.82. The number of Topliss-reactive ketones (excluding diaryl/α,β-unsaturated/α-hetero) is 1. The molecule has 0 amide bonds. The molecule has 23 heavy (non-hydrogen) atoms. The van der Waals surface area contributed by atoms with Gasteiger partial charge >= 0.3 is 0 Å². The summed E-state index contributed by atoms with van der Waals surface area (Å²) >= 11 is 0. The van der Waals surface area contributed by atoms with Gasteiger partial charge in [0, 0.05) is 12.3 Å². The highest BCUT2D eigenvalue weighted by molar-refractivity contribution is 5.99. The predicted octanol–water partition coefficient (Wildman–Crippen LogP) is 4.21. The van der Waals surface area contributed by atoms with Gasteiger partial charge in [-0.15, -0.1) is 0 Å². The van der Waals surface area contributed by atoms with Crippen LogP contribution in [0.5, 0.6) is 0 Å². The molecule has 2 aromatic heterocycles. The van der Waals surface area contributed by atoms with Gasteiger partial charge in [0.1, 0.15) is 12.0 Å². The maximum atomic E-state index is 12.9. The molecule has 0 spiro atoms. The maximum absolute atomic E-state index is 12.9. The monoisotopic (exact) mass is 308 g/mol. The molecule has 2 atom stereocenters. The first-order valence-corrected chi connectivity index (χ1v) is 7.41.